The van der Waals surface area contributed by atoms with Crippen LogP contribution in [0.25, 0.3) is 0 Å². The molecule has 0 bridgehead atoms. The quantitative estimate of drug-likeness (QED) is 0.705. The van der Waals surface area contributed by atoms with Crippen molar-refractivity contribution in [1.82, 2.24) is 0 Å². The van der Waals surface area contributed by atoms with Gasteiger partial charge in [-0.3, -0.25) is 0 Å². The fourth-order valence-electron chi connectivity index (χ4n) is 2.91. The second-order valence-corrected chi connectivity index (χ2v) is 17.1. The topological polar surface area (TPSA) is 32.7 Å². The van der Waals surface area contributed by atoms with Gasteiger partial charge in [-0.25, -0.2) is 0 Å². The number of aliphatic imine (C=N–C) groups is 1. The minimum atomic E-state index is -2.43. The normalized spacial score (nSPS) is 15.0. The van der Waals surface area contributed by atoms with E-state index >= 15 is 0 Å². The molecule has 23 heavy (non-hydrogen) atoms. The van der Waals surface area contributed by atoms with Gasteiger partial charge in [0.15, 0.2) is 0 Å². The fraction of sp³-hybridized carbons (Fsp3) is 0.222. The number of benzene rings is 2. The van der Waals surface area contributed by atoms with Gasteiger partial charge in [0.25, 0.3) is 0 Å². The zero-order valence-corrected chi connectivity index (χ0v) is 16.4. The van der Waals surface area contributed by atoms with Crippen LogP contribution in [0.15, 0.2) is 53.5 Å². The molecule has 0 saturated heterocycles. The van der Waals surface area contributed by atoms with Crippen LogP contribution in [0.4, 0.5) is 5.69 Å². The van der Waals surface area contributed by atoms with Crippen LogP contribution in [0.5, 0.6) is 0 Å². The van der Waals surface area contributed by atoms with Crippen molar-refractivity contribution >= 4 is 42.4 Å². The van der Waals surface area contributed by atoms with Gasteiger partial charge in [-0.1, -0.05) is 0 Å². The molecule has 0 spiro atoms. The summed E-state index contributed by atoms with van der Waals surface area (Å²) in [5, 5.41) is 0.656. The van der Waals surface area contributed by atoms with E-state index in [9.17, 15) is 4.79 Å². The van der Waals surface area contributed by atoms with Crippen molar-refractivity contribution in [2.24, 2.45) is 4.99 Å². The molecule has 3 nitrogen and oxygen atoms in total. The van der Waals surface area contributed by atoms with Crippen LogP contribution in [-0.4, -0.2) is 31.7 Å². The van der Waals surface area contributed by atoms with Gasteiger partial charge in [-0.05, 0) is 0 Å². The number of halogens is 1. The Morgan fingerprint density at radius 1 is 1.09 bits per heavy atom. The second-order valence-electron chi connectivity index (χ2n) is 6.59. The number of carbonyl (C=O) groups is 1. The number of rotatable bonds is 2. The zero-order chi connectivity index (χ0) is 16.6. The van der Waals surface area contributed by atoms with E-state index in [2.05, 4.69) is 22.3 Å². The zero-order valence-electron chi connectivity index (χ0n) is 13.5. The fourth-order valence-corrected chi connectivity index (χ4v) is 6.72. The number of amides is 1. The Balaban J connectivity index is 2.25. The molecule has 0 atom stereocenters. The van der Waals surface area contributed by atoms with Crippen molar-refractivity contribution < 1.29 is 4.79 Å². The molecule has 2 aromatic rings. The number of benzodiazepines with no additional fused rings is 1. The maximum absolute atomic E-state index is 12.7. The molecule has 0 aliphatic carbocycles. The molecule has 0 fully saturated rings. The summed E-state index contributed by atoms with van der Waals surface area (Å²) in [6, 6.07) is 15.7. The first-order valence-electron chi connectivity index (χ1n) is 7.61. The molecule has 118 valence electrons. The first-order chi connectivity index (χ1) is 10.9. The summed E-state index contributed by atoms with van der Waals surface area (Å²) in [6.45, 7) is 0.180. The molecule has 1 heterocycles. The van der Waals surface area contributed by atoms with Crippen LogP contribution >= 0.6 is 11.6 Å². The van der Waals surface area contributed by atoms with Crippen molar-refractivity contribution in [3.63, 3.8) is 0 Å². The number of carbonyl (C=O) groups excluding carboxylic acids is 1. The standard InChI is InChI=1S/C18H19ClGeN2O/c1-20(2,3)22-16-10-9-14(19)11-15(16)18(21-12-17(22)23)13-7-5-4-6-8-13/h4-11H,12H2,1-3H3. The molecule has 2 aromatic carbocycles. The van der Waals surface area contributed by atoms with Crippen molar-refractivity contribution in [3.05, 3.63) is 64.7 Å². The number of hydrogen-bond acceptors (Lipinski definition) is 2. The van der Waals surface area contributed by atoms with Crippen LogP contribution in [0.3, 0.4) is 0 Å². The van der Waals surface area contributed by atoms with E-state index in [4.69, 9.17) is 11.6 Å². The van der Waals surface area contributed by atoms with Crippen LogP contribution in [-0.2, 0) is 4.79 Å². The average Bonchev–Trinajstić information content (AvgIpc) is 2.63. The third kappa shape index (κ3) is 3.21. The number of nitrogens with zero attached hydrogens (tertiary/aromatic N) is 2. The summed E-state index contributed by atoms with van der Waals surface area (Å²) >= 11 is 3.81. The Labute approximate surface area is 144 Å². The SMILES string of the molecule is [CH3][Ge]([CH3])([CH3])[N]1C(=O)CN=C(c2ccccc2)c2cc(Cl)ccc21. The Kier molecular flexibility index (Phi) is 4.34. The molecule has 0 N–H and O–H groups in total. The van der Waals surface area contributed by atoms with E-state index in [1.807, 2.05) is 52.4 Å². The van der Waals surface area contributed by atoms with E-state index in [-0.39, 0.29) is 12.5 Å². The summed E-state index contributed by atoms with van der Waals surface area (Å²) in [7, 11) is 0. The minimum absolute atomic E-state index is 0.0759. The molecule has 0 radical (unpaired) electrons. The van der Waals surface area contributed by atoms with Crippen molar-refractivity contribution in [2.75, 3.05) is 10.4 Å². The monoisotopic (exact) mass is 388 g/mol. The first-order valence-corrected chi connectivity index (χ1v) is 15.2. The number of fused-ring (bicyclic) bond motifs is 1. The molecular formula is C18H19ClGeN2O. The van der Waals surface area contributed by atoms with Gasteiger partial charge in [0.2, 0.25) is 0 Å². The van der Waals surface area contributed by atoms with Crippen LogP contribution < -0.4 is 3.86 Å². The third-order valence-corrected chi connectivity index (χ3v) is 7.87. The molecule has 5 heteroatoms. The summed E-state index contributed by atoms with van der Waals surface area (Å²) in [5.41, 5.74) is 3.72. The van der Waals surface area contributed by atoms with Crippen LogP contribution in [0.1, 0.15) is 11.1 Å². The average molecular weight is 387 g/mol. The van der Waals surface area contributed by atoms with Gasteiger partial charge in [0.05, 0.1) is 0 Å². The molecule has 3 rings (SSSR count). The van der Waals surface area contributed by atoms with Crippen molar-refractivity contribution in [3.8, 4) is 0 Å². The first kappa shape index (κ1) is 16.3. The maximum atomic E-state index is 12.7. The summed E-state index contributed by atoms with van der Waals surface area (Å²) < 4.78 is 2.01. The number of anilines is 1. The summed E-state index contributed by atoms with van der Waals surface area (Å²) in [6.07, 6.45) is 0. The van der Waals surface area contributed by atoms with Gasteiger partial charge >= 0.3 is 145 Å². The molecule has 0 aromatic heterocycles. The van der Waals surface area contributed by atoms with Gasteiger partial charge in [0, 0.05) is 0 Å². The molecule has 1 aliphatic heterocycles. The van der Waals surface area contributed by atoms with Crippen LogP contribution in [0.2, 0.25) is 22.3 Å². The van der Waals surface area contributed by atoms with Crippen LogP contribution in [0, 0.1) is 0 Å². The summed E-state index contributed by atoms with van der Waals surface area (Å²) in [5.74, 6) is 6.71. The van der Waals surface area contributed by atoms with Gasteiger partial charge < -0.3 is 0 Å². The Hall–Kier alpha value is -1.59. The van der Waals surface area contributed by atoms with E-state index in [1.165, 1.54) is 0 Å². The van der Waals surface area contributed by atoms with Crippen molar-refractivity contribution in [2.45, 2.75) is 17.3 Å². The molecule has 1 amide bonds. The molecular weight excluding hydrogens is 368 g/mol. The summed E-state index contributed by atoms with van der Waals surface area (Å²) in [4.78, 5) is 17.3. The molecule has 1 aliphatic rings. The molecule has 0 saturated carbocycles. The number of hydrogen-bond donors (Lipinski definition) is 0. The van der Waals surface area contributed by atoms with E-state index in [1.54, 1.807) is 0 Å². The van der Waals surface area contributed by atoms with E-state index in [0.29, 0.717) is 5.02 Å². The van der Waals surface area contributed by atoms with Gasteiger partial charge in [-0.15, -0.1) is 0 Å². The Morgan fingerprint density at radius 3 is 2.43 bits per heavy atom. The molecule has 0 unspecified atom stereocenters. The van der Waals surface area contributed by atoms with Gasteiger partial charge in [-0.2, -0.15) is 0 Å². The van der Waals surface area contributed by atoms with E-state index < -0.39 is 13.5 Å². The third-order valence-electron chi connectivity index (χ3n) is 3.79. The predicted molar refractivity (Wildman–Crippen MR) is 99.2 cm³/mol. The Bertz CT molecular complexity index is 781. The second kappa shape index (κ2) is 6.13. The predicted octanol–water partition coefficient (Wildman–Crippen LogP) is 4.36. The van der Waals surface area contributed by atoms with Gasteiger partial charge in [0.1, 0.15) is 0 Å². The van der Waals surface area contributed by atoms with E-state index in [0.717, 1.165) is 22.5 Å². The Morgan fingerprint density at radius 2 is 1.78 bits per heavy atom. The van der Waals surface area contributed by atoms with Crippen molar-refractivity contribution in [1.29, 1.82) is 0 Å².